The number of hydrogen-bond donors (Lipinski definition) is 1. The van der Waals surface area contributed by atoms with Gasteiger partial charge in [0.2, 0.25) is 11.1 Å². The number of rotatable bonds is 5. The maximum absolute atomic E-state index is 12.3. The summed E-state index contributed by atoms with van der Waals surface area (Å²) < 4.78 is 1.60. The smallest absolute Gasteiger partial charge is 0.230 e. The van der Waals surface area contributed by atoms with Crippen LogP contribution in [0.5, 0.6) is 0 Å². The first-order valence-electron chi connectivity index (χ1n) is 8.68. The monoisotopic (exact) mass is 335 g/mol. The fourth-order valence-corrected chi connectivity index (χ4v) is 6.28. The number of nitrogens with one attached hydrogen (secondary N) is 1. The Labute approximate surface area is 141 Å². The van der Waals surface area contributed by atoms with Crippen LogP contribution in [0.15, 0.2) is 5.16 Å². The molecule has 1 heterocycles. The lowest BCUT2D eigenvalue weighted by Gasteiger charge is -2.59. The molecule has 0 aliphatic heterocycles. The zero-order chi connectivity index (χ0) is 16.0. The van der Waals surface area contributed by atoms with E-state index >= 15 is 0 Å². The molecule has 0 spiro atoms. The number of aromatic nitrogens is 4. The van der Waals surface area contributed by atoms with Gasteiger partial charge in [-0.1, -0.05) is 11.8 Å². The molecule has 4 bridgehead atoms. The maximum Gasteiger partial charge on any atom is 0.230 e. The van der Waals surface area contributed by atoms with Gasteiger partial charge >= 0.3 is 0 Å². The van der Waals surface area contributed by atoms with Gasteiger partial charge in [-0.3, -0.25) is 4.79 Å². The van der Waals surface area contributed by atoms with E-state index in [2.05, 4.69) is 27.8 Å². The van der Waals surface area contributed by atoms with Gasteiger partial charge in [0, 0.05) is 13.1 Å². The van der Waals surface area contributed by atoms with Crippen LogP contribution in [0.4, 0.5) is 0 Å². The zero-order valence-corrected chi connectivity index (χ0v) is 14.7. The van der Waals surface area contributed by atoms with Gasteiger partial charge in [-0.25, -0.2) is 4.68 Å². The molecule has 1 aromatic rings. The lowest BCUT2D eigenvalue weighted by atomic mass is 9.48. The van der Waals surface area contributed by atoms with Crippen molar-refractivity contribution in [3.63, 3.8) is 0 Å². The van der Waals surface area contributed by atoms with E-state index < -0.39 is 0 Å². The van der Waals surface area contributed by atoms with Crippen molar-refractivity contribution in [3.05, 3.63) is 0 Å². The van der Waals surface area contributed by atoms with Crippen LogP contribution in [0.1, 0.15) is 45.4 Å². The molecule has 4 fully saturated rings. The predicted molar refractivity (Wildman–Crippen MR) is 87.7 cm³/mol. The molecule has 1 N–H and O–H groups in total. The normalized spacial score (nSPS) is 36.2. The summed E-state index contributed by atoms with van der Waals surface area (Å²) in [6.07, 6.45) is 8.28. The minimum Gasteiger partial charge on any atom is -0.352 e. The number of amides is 1. The Balaban J connectivity index is 1.35. The van der Waals surface area contributed by atoms with Crippen molar-refractivity contribution in [2.75, 3.05) is 5.75 Å². The molecular formula is C16H25N5OS. The molecule has 126 valence electrons. The van der Waals surface area contributed by atoms with Crippen molar-refractivity contribution < 1.29 is 4.79 Å². The van der Waals surface area contributed by atoms with Crippen LogP contribution in [-0.2, 0) is 11.8 Å². The van der Waals surface area contributed by atoms with E-state index in [1.54, 1.807) is 11.7 Å². The second kappa shape index (κ2) is 5.76. The van der Waals surface area contributed by atoms with Gasteiger partial charge in [0.15, 0.2) is 0 Å². The highest BCUT2D eigenvalue weighted by molar-refractivity contribution is 7.99. The first-order chi connectivity index (χ1) is 11.0. The summed E-state index contributed by atoms with van der Waals surface area (Å²) in [4.78, 5) is 12.3. The van der Waals surface area contributed by atoms with Crippen LogP contribution < -0.4 is 5.32 Å². The quantitative estimate of drug-likeness (QED) is 0.834. The largest absolute Gasteiger partial charge is 0.352 e. The molecule has 4 aliphatic rings. The minimum absolute atomic E-state index is 0.0984. The van der Waals surface area contributed by atoms with Crippen molar-refractivity contribution in [1.82, 2.24) is 25.5 Å². The summed E-state index contributed by atoms with van der Waals surface area (Å²) in [5, 5.41) is 15.3. The molecule has 1 aromatic heterocycles. The lowest BCUT2D eigenvalue weighted by Crippen LogP contribution is -2.56. The third-order valence-corrected chi connectivity index (χ3v) is 7.31. The van der Waals surface area contributed by atoms with Crippen molar-refractivity contribution >= 4 is 17.7 Å². The predicted octanol–water partition coefficient (Wildman–Crippen LogP) is 2.02. The van der Waals surface area contributed by atoms with Crippen molar-refractivity contribution in [2.24, 2.45) is 30.2 Å². The molecule has 0 saturated heterocycles. The molecule has 4 aliphatic carbocycles. The van der Waals surface area contributed by atoms with E-state index in [9.17, 15) is 4.79 Å². The Kier molecular flexibility index (Phi) is 3.86. The lowest BCUT2D eigenvalue weighted by molar-refractivity contribution is -0.123. The Morgan fingerprint density at radius 1 is 1.30 bits per heavy atom. The second-order valence-electron chi connectivity index (χ2n) is 7.94. The fourth-order valence-electron chi connectivity index (χ4n) is 5.62. The zero-order valence-electron chi connectivity index (χ0n) is 13.9. The number of thioether (sulfide) groups is 1. The van der Waals surface area contributed by atoms with Gasteiger partial charge in [0.1, 0.15) is 0 Å². The number of tetrazole rings is 1. The van der Waals surface area contributed by atoms with E-state index in [0.717, 1.165) is 17.8 Å². The Morgan fingerprint density at radius 3 is 2.43 bits per heavy atom. The SMILES string of the molecule is C[C@@H](NC(=O)CSc1nnnn1C)C12CC3CC(CC(C3)C1)C2. The van der Waals surface area contributed by atoms with Crippen LogP contribution in [-0.4, -0.2) is 37.9 Å². The van der Waals surface area contributed by atoms with Gasteiger partial charge < -0.3 is 5.32 Å². The highest BCUT2D eigenvalue weighted by atomic mass is 32.2. The van der Waals surface area contributed by atoms with Gasteiger partial charge in [0.05, 0.1) is 5.75 Å². The van der Waals surface area contributed by atoms with Crippen LogP contribution >= 0.6 is 11.8 Å². The number of hydrogen-bond acceptors (Lipinski definition) is 5. The molecule has 23 heavy (non-hydrogen) atoms. The van der Waals surface area contributed by atoms with E-state index in [-0.39, 0.29) is 11.9 Å². The van der Waals surface area contributed by atoms with E-state index in [4.69, 9.17) is 0 Å². The molecular weight excluding hydrogens is 310 g/mol. The Morgan fingerprint density at radius 2 is 1.91 bits per heavy atom. The van der Waals surface area contributed by atoms with E-state index in [1.807, 2.05) is 0 Å². The molecule has 0 radical (unpaired) electrons. The average Bonchev–Trinajstić information content (AvgIpc) is 2.89. The van der Waals surface area contributed by atoms with Crippen LogP contribution in [0.25, 0.3) is 0 Å². The molecule has 4 saturated carbocycles. The standard InChI is InChI=1S/C16H25N5OS/c1-10(17-14(22)9-23-15-18-19-20-21(15)2)16-6-11-3-12(7-16)5-13(4-11)8-16/h10-13H,3-9H2,1-2H3,(H,17,22)/t10-,11?,12?,13?,16?/m1/s1. The molecule has 7 heteroatoms. The topological polar surface area (TPSA) is 72.7 Å². The third kappa shape index (κ3) is 2.88. The highest BCUT2D eigenvalue weighted by Gasteiger charge is 2.53. The summed E-state index contributed by atoms with van der Waals surface area (Å²) in [5.74, 6) is 3.23. The van der Waals surface area contributed by atoms with Crippen LogP contribution in [0, 0.1) is 23.2 Å². The Hall–Kier alpha value is -1.11. The Bertz CT molecular complexity index is 566. The second-order valence-corrected chi connectivity index (χ2v) is 8.89. The summed E-state index contributed by atoms with van der Waals surface area (Å²) in [7, 11) is 1.79. The van der Waals surface area contributed by atoms with Crippen molar-refractivity contribution in [3.8, 4) is 0 Å². The number of aryl methyl sites for hydroxylation is 1. The van der Waals surface area contributed by atoms with E-state index in [1.165, 1.54) is 50.3 Å². The summed E-state index contributed by atoms with van der Waals surface area (Å²) in [6.45, 7) is 2.22. The number of carbonyl (C=O) groups is 1. The van der Waals surface area contributed by atoms with Gasteiger partial charge in [0.25, 0.3) is 0 Å². The average molecular weight is 335 g/mol. The molecule has 1 atom stereocenters. The van der Waals surface area contributed by atoms with Crippen LogP contribution in [0.2, 0.25) is 0 Å². The number of nitrogens with zero attached hydrogens (tertiary/aromatic N) is 4. The first-order valence-corrected chi connectivity index (χ1v) is 9.67. The molecule has 5 rings (SSSR count). The molecule has 1 amide bonds. The van der Waals surface area contributed by atoms with Gasteiger partial charge in [-0.15, -0.1) is 5.10 Å². The van der Waals surface area contributed by atoms with E-state index in [0.29, 0.717) is 16.3 Å². The van der Waals surface area contributed by atoms with Gasteiger partial charge in [-0.05, 0) is 79.0 Å². The molecule has 6 nitrogen and oxygen atoms in total. The summed E-state index contributed by atoms with van der Waals surface area (Å²) in [6, 6.07) is 0.279. The van der Waals surface area contributed by atoms with Crippen LogP contribution in [0.3, 0.4) is 0 Å². The maximum atomic E-state index is 12.3. The molecule has 0 aromatic carbocycles. The summed E-state index contributed by atoms with van der Waals surface area (Å²) >= 11 is 1.40. The van der Waals surface area contributed by atoms with Crippen molar-refractivity contribution in [2.45, 2.75) is 56.6 Å². The first kappa shape index (κ1) is 15.4. The minimum atomic E-state index is 0.0984. The molecule has 0 unspecified atom stereocenters. The van der Waals surface area contributed by atoms with Gasteiger partial charge in [-0.2, -0.15) is 0 Å². The summed E-state index contributed by atoms with van der Waals surface area (Å²) in [5.41, 5.74) is 0.363. The number of carbonyl (C=O) groups excluding carboxylic acids is 1. The third-order valence-electron chi connectivity index (χ3n) is 6.30. The highest BCUT2D eigenvalue weighted by Crippen LogP contribution is 2.61. The van der Waals surface area contributed by atoms with Crippen molar-refractivity contribution in [1.29, 1.82) is 0 Å². The fraction of sp³-hybridized carbons (Fsp3) is 0.875.